The van der Waals surface area contributed by atoms with Crippen LogP contribution in [-0.2, 0) is 27.9 Å². The fourth-order valence-electron chi connectivity index (χ4n) is 7.09. The summed E-state index contributed by atoms with van der Waals surface area (Å²) in [6.07, 6.45) is 71.7. The Morgan fingerprint density at radius 1 is 0.470 bits per heavy atom. The molecule has 0 aliphatic rings. The third-order valence-corrected chi connectivity index (χ3v) is 12.0. The van der Waals surface area contributed by atoms with Crippen molar-refractivity contribution in [2.75, 3.05) is 33.0 Å². The first kappa shape index (κ1) is 63.4. The predicted octanol–water partition coefficient (Wildman–Crippen LogP) is 17.0. The van der Waals surface area contributed by atoms with Crippen molar-refractivity contribution < 1.29 is 32.8 Å². The first-order valence-corrected chi connectivity index (χ1v) is 28.2. The zero-order valence-electron chi connectivity index (χ0n) is 42.4. The zero-order chi connectivity index (χ0) is 48.0. The van der Waals surface area contributed by atoms with Crippen LogP contribution in [0.15, 0.2) is 97.2 Å². The van der Waals surface area contributed by atoms with E-state index in [1.807, 2.05) is 0 Å². The summed E-state index contributed by atoms with van der Waals surface area (Å²) in [4.78, 5) is 22.6. The first-order valence-electron chi connectivity index (χ1n) is 26.7. The van der Waals surface area contributed by atoms with E-state index >= 15 is 0 Å². The van der Waals surface area contributed by atoms with Crippen LogP contribution in [0.3, 0.4) is 0 Å². The highest BCUT2D eigenvalue weighted by molar-refractivity contribution is 7.47. The number of hydrogen-bond donors (Lipinski definition) is 2. The molecule has 66 heavy (non-hydrogen) atoms. The second kappa shape index (κ2) is 53.4. The SMILES string of the molecule is CC/C=C\C/C=C\C/C=C\C/C=C\C/C=C\C/C=C\CCCCC(=O)OC(COCCCCCCCCCCCCCCCC/C=C\C/C=C\CCCCCCC)COP(=O)(O)OCCN. The molecule has 0 bridgehead atoms. The molecule has 8 nitrogen and oxygen atoms in total. The van der Waals surface area contributed by atoms with E-state index in [1.165, 1.54) is 122 Å². The molecular weight excluding hydrogens is 842 g/mol. The van der Waals surface area contributed by atoms with Gasteiger partial charge in [0, 0.05) is 19.6 Å². The van der Waals surface area contributed by atoms with Gasteiger partial charge in [0.1, 0.15) is 6.10 Å². The van der Waals surface area contributed by atoms with Crippen molar-refractivity contribution in [3.8, 4) is 0 Å². The number of phosphoric acid groups is 1. The molecular formula is C57H100NO7P. The van der Waals surface area contributed by atoms with Crippen LogP contribution in [0.25, 0.3) is 0 Å². The van der Waals surface area contributed by atoms with Crippen LogP contribution < -0.4 is 5.73 Å². The van der Waals surface area contributed by atoms with E-state index in [9.17, 15) is 14.3 Å². The van der Waals surface area contributed by atoms with Gasteiger partial charge >= 0.3 is 13.8 Å². The smallest absolute Gasteiger partial charge is 0.457 e. The molecule has 0 aromatic rings. The molecule has 2 atom stereocenters. The van der Waals surface area contributed by atoms with Gasteiger partial charge in [-0.2, -0.15) is 0 Å². The molecule has 0 radical (unpaired) electrons. The van der Waals surface area contributed by atoms with E-state index in [2.05, 4.69) is 111 Å². The Balaban J connectivity index is 4.00. The second-order valence-corrected chi connectivity index (χ2v) is 18.8. The van der Waals surface area contributed by atoms with Crippen LogP contribution in [0.5, 0.6) is 0 Å². The van der Waals surface area contributed by atoms with Gasteiger partial charge in [-0.25, -0.2) is 4.57 Å². The monoisotopic (exact) mass is 942 g/mol. The maximum absolute atomic E-state index is 12.7. The van der Waals surface area contributed by atoms with Gasteiger partial charge in [-0.1, -0.05) is 214 Å². The number of carbonyl (C=O) groups is 1. The Morgan fingerprint density at radius 3 is 1.27 bits per heavy atom. The van der Waals surface area contributed by atoms with Gasteiger partial charge in [0.15, 0.2) is 0 Å². The number of carbonyl (C=O) groups excluding carboxylic acids is 1. The summed E-state index contributed by atoms with van der Waals surface area (Å²) < 4.78 is 33.6. The van der Waals surface area contributed by atoms with Crippen molar-refractivity contribution in [2.45, 2.75) is 225 Å². The number of rotatable bonds is 50. The summed E-state index contributed by atoms with van der Waals surface area (Å²) in [5.41, 5.74) is 5.39. The molecule has 0 saturated carbocycles. The minimum atomic E-state index is -4.30. The van der Waals surface area contributed by atoms with Gasteiger partial charge in [-0.05, 0) is 96.3 Å². The summed E-state index contributed by atoms with van der Waals surface area (Å²) >= 11 is 0. The van der Waals surface area contributed by atoms with Gasteiger partial charge < -0.3 is 20.1 Å². The average molecular weight is 942 g/mol. The average Bonchev–Trinajstić information content (AvgIpc) is 3.31. The maximum Gasteiger partial charge on any atom is 0.472 e. The lowest BCUT2D eigenvalue weighted by Gasteiger charge is -2.20. The Hall–Kier alpha value is -2.58. The van der Waals surface area contributed by atoms with Gasteiger partial charge in [0.05, 0.1) is 19.8 Å². The molecule has 0 aromatic carbocycles. The van der Waals surface area contributed by atoms with Crippen LogP contribution in [-0.4, -0.2) is 49.9 Å². The highest BCUT2D eigenvalue weighted by Crippen LogP contribution is 2.43. The van der Waals surface area contributed by atoms with E-state index < -0.39 is 13.9 Å². The highest BCUT2D eigenvalue weighted by atomic mass is 31.2. The molecule has 2 unspecified atom stereocenters. The molecule has 0 heterocycles. The van der Waals surface area contributed by atoms with Crippen LogP contribution >= 0.6 is 7.82 Å². The van der Waals surface area contributed by atoms with Crippen LogP contribution in [0, 0.1) is 0 Å². The fourth-order valence-corrected chi connectivity index (χ4v) is 7.85. The molecule has 0 rings (SSSR count). The van der Waals surface area contributed by atoms with Gasteiger partial charge in [0.25, 0.3) is 0 Å². The van der Waals surface area contributed by atoms with E-state index in [1.54, 1.807) is 0 Å². The third kappa shape index (κ3) is 52.4. The summed E-state index contributed by atoms with van der Waals surface area (Å²) in [5, 5.41) is 0. The molecule has 0 fully saturated rings. The lowest BCUT2D eigenvalue weighted by molar-refractivity contribution is -0.154. The molecule has 3 N–H and O–H groups in total. The van der Waals surface area contributed by atoms with Crippen LogP contribution in [0.1, 0.15) is 219 Å². The highest BCUT2D eigenvalue weighted by Gasteiger charge is 2.25. The molecule has 0 saturated heterocycles. The lowest BCUT2D eigenvalue weighted by Crippen LogP contribution is -2.28. The molecule has 0 amide bonds. The summed E-state index contributed by atoms with van der Waals surface area (Å²) in [5.74, 6) is -0.373. The largest absolute Gasteiger partial charge is 0.472 e. The number of ether oxygens (including phenoxy) is 2. The van der Waals surface area contributed by atoms with E-state index in [-0.39, 0.29) is 38.8 Å². The topological polar surface area (TPSA) is 117 Å². The van der Waals surface area contributed by atoms with Crippen molar-refractivity contribution in [1.29, 1.82) is 0 Å². The standard InChI is InChI=1S/C57H100NO7P/c1-3-5-7-9-11-13-15-17-19-21-23-25-26-27-28-29-31-33-35-37-39-41-43-45-47-49-52-62-54-56(55-64-66(60,61)63-53-51-58)65-57(59)50-48-46-44-42-40-38-36-34-32-30-24-22-20-18-16-14-12-10-8-6-4-2/h6,8,12,14-15,17-18,20-21,23-24,30,34,36,40,42,56H,3-5,7,9-11,13,16,19,22,25-29,31-33,35,37-39,41,43-55,58H2,1-2H3,(H,60,61)/b8-6-,14-12-,17-15-,20-18-,23-21-,30-24-,36-34-,42-40-. The van der Waals surface area contributed by atoms with Crippen molar-refractivity contribution in [1.82, 2.24) is 0 Å². The summed E-state index contributed by atoms with van der Waals surface area (Å²) in [6.45, 7) is 4.74. The number of esters is 1. The van der Waals surface area contributed by atoms with Crippen LogP contribution in [0.4, 0.5) is 0 Å². The normalized spacial score (nSPS) is 14.1. The molecule has 0 aliphatic heterocycles. The van der Waals surface area contributed by atoms with Crippen molar-refractivity contribution in [2.24, 2.45) is 5.73 Å². The Kier molecular flexibility index (Phi) is 51.3. The van der Waals surface area contributed by atoms with E-state index in [4.69, 9.17) is 24.3 Å². The van der Waals surface area contributed by atoms with Crippen LogP contribution in [0.2, 0.25) is 0 Å². The summed E-state index contributed by atoms with van der Waals surface area (Å²) in [6, 6.07) is 0. The van der Waals surface area contributed by atoms with Gasteiger partial charge in [0.2, 0.25) is 0 Å². The molecule has 0 aliphatic carbocycles. The molecule has 0 spiro atoms. The number of allylic oxidation sites excluding steroid dienone is 16. The number of phosphoric ester groups is 1. The fraction of sp³-hybridized carbons (Fsp3) is 0.702. The molecule has 9 heteroatoms. The van der Waals surface area contributed by atoms with Gasteiger partial charge in [-0.15, -0.1) is 0 Å². The predicted molar refractivity (Wildman–Crippen MR) is 284 cm³/mol. The number of unbranched alkanes of at least 4 members (excludes halogenated alkanes) is 21. The van der Waals surface area contributed by atoms with E-state index in [0.29, 0.717) is 13.0 Å². The minimum Gasteiger partial charge on any atom is -0.457 e. The Bertz CT molecular complexity index is 1330. The quantitative estimate of drug-likeness (QED) is 0.0268. The Labute approximate surface area is 406 Å². The number of hydrogen-bond acceptors (Lipinski definition) is 7. The minimum absolute atomic E-state index is 0.0883. The lowest BCUT2D eigenvalue weighted by atomic mass is 10.0. The van der Waals surface area contributed by atoms with Gasteiger partial charge in [-0.3, -0.25) is 13.8 Å². The third-order valence-electron chi connectivity index (χ3n) is 11.0. The molecule has 0 aromatic heterocycles. The van der Waals surface area contributed by atoms with Crippen molar-refractivity contribution >= 4 is 13.8 Å². The first-order chi connectivity index (χ1) is 32.4. The molecule has 380 valence electrons. The second-order valence-electron chi connectivity index (χ2n) is 17.4. The zero-order valence-corrected chi connectivity index (χ0v) is 43.3. The maximum atomic E-state index is 12.7. The van der Waals surface area contributed by atoms with Crippen molar-refractivity contribution in [3.63, 3.8) is 0 Å². The Morgan fingerprint density at radius 2 is 0.848 bits per heavy atom. The summed E-state index contributed by atoms with van der Waals surface area (Å²) in [7, 11) is -4.30. The van der Waals surface area contributed by atoms with Crippen molar-refractivity contribution in [3.05, 3.63) is 97.2 Å². The van der Waals surface area contributed by atoms with E-state index in [0.717, 1.165) is 70.6 Å². The number of nitrogens with two attached hydrogens (primary N) is 1.